The number of thioether (sulfide) groups is 1. The number of nitrogens with zero attached hydrogens (tertiary/aromatic N) is 3. The number of hydrogen-bond acceptors (Lipinski definition) is 5. The fraction of sp³-hybridized carbons (Fsp3) is 0.100. The number of aromatic nitrogens is 2. The van der Waals surface area contributed by atoms with Gasteiger partial charge < -0.3 is 5.32 Å². The fourth-order valence-electron chi connectivity index (χ4n) is 3.11. The van der Waals surface area contributed by atoms with Gasteiger partial charge in [0.1, 0.15) is 11.5 Å². The van der Waals surface area contributed by atoms with Crippen LogP contribution in [0.15, 0.2) is 53.8 Å². The number of amides is 3. The van der Waals surface area contributed by atoms with E-state index in [2.05, 4.69) is 10.3 Å². The van der Waals surface area contributed by atoms with Crippen molar-refractivity contribution in [2.45, 2.75) is 5.16 Å². The second kappa shape index (κ2) is 7.17. The minimum atomic E-state index is -0.452. The molecule has 0 atom stereocenters. The molecule has 1 N–H and O–H groups in total. The van der Waals surface area contributed by atoms with Crippen LogP contribution in [0.5, 0.6) is 0 Å². The Balaban J connectivity index is 1.67. The number of hydrogen-bond donors (Lipinski definition) is 1. The number of halogens is 1. The van der Waals surface area contributed by atoms with Crippen LogP contribution in [0.1, 0.15) is 31.2 Å². The highest BCUT2D eigenvalue weighted by Gasteiger charge is 2.33. The van der Waals surface area contributed by atoms with Crippen molar-refractivity contribution in [1.82, 2.24) is 14.5 Å². The van der Waals surface area contributed by atoms with E-state index in [-0.39, 0.29) is 23.0 Å². The maximum atomic E-state index is 13.3. The maximum Gasteiger partial charge on any atom is 0.274 e. The second-order valence-corrected chi connectivity index (χ2v) is 7.10. The van der Waals surface area contributed by atoms with E-state index in [9.17, 15) is 18.8 Å². The third kappa shape index (κ3) is 3.19. The molecule has 0 saturated carbocycles. The Morgan fingerprint density at radius 1 is 1.07 bits per heavy atom. The van der Waals surface area contributed by atoms with Gasteiger partial charge in [-0.3, -0.25) is 23.9 Å². The molecule has 9 heteroatoms. The molecular formula is C20H15FN4O3S. The number of benzene rings is 2. The Kier molecular flexibility index (Phi) is 4.67. The summed E-state index contributed by atoms with van der Waals surface area (Å²) in [6, 6.07) is 10.3. The predicted molar refractivity (Wildman–Crippen MR) is 106 cm³/mol. The van der Waals surface area contributed by atoms with Crippen molar-refractivity contribution in [3.05, 3.63) is 71.3 Å². The summed E-state index contributed by atoms with van der Waals surface area (Å²) in [6.07, 6.45) is 3.25. The van der Waals surface area contributed by atoms with Crippen LogP contribution in [0.3, 0.4) is 0 Å². The normalized spacial score (nSPS) is 13.0. The molecule has 0 radical (unpaired) electrons. The molecule has 1 aliphatic rings. The van der Waals surface area contributed by atoms with Crippen molar-refractivity contribution in [2.24, 2.45) is 0 Å². The first-order valence-electron chi connectivity index (χ1n) is 8.56. The van der Waals surface area contributed by atoms with E-state index in [1.165, 1.54) is 49.3 Å². The Labute approximate surface area is 169 Å². The SMILES string of the molecule is CSc1ncc(C(=O)Nc2ccc3c(c2)C(=O)N(C)C3=O)n1-c1ccc(F)cc1. The van der Waals surface area contributed by atoms with Gasteiger partial charge >= 0.3 is 0 Å². The zero-order valence-corrected chi connectivity index (χ0v) is 16.3. The molecule has 1 aliphatic heterocycles. The first-order chi connectivity index (χ1) is 13.9. The summed E-state index contributed by atoms with van der Waals surface area (Å²) >= 11 is 1.35. The highest BCUT2D eigenvalue weighted by Crippen LogP contribution is 2.26. The Morgan fingerprint density at radius 3 is 2.45 bits per heavy atom. The van der Waals surface area contributed by atoms with Crippen molar-refractivity contribution in [1.29, 1.82) is 0 Å². The molecule has 2 aromatic carbocycles. The Bertz CT molecular complexity index is 1160. The number of imidazole rings is 1. The molecule has 2 heterocycles. The average Bonchev–Trinajstić information content (AvgIpc) is 3.24. The van der Waals surface area contributed by atoms with E-state index < -0.39 is 11.8 Å². The van der Waals surface area contributed by atoms with Gasteiger partial charge in [0.15, 0.2) is 5.16 Å². The minimum Gasteiger partial charge on any atom is -0.321 e. The molecule has 1 aromatic heterocycles. The van der Waals surface area contributed by atoms with Gasteiger partial charge in [0.2, 0.25) is 0 Å². The lowest BCUT2D eigenvalue weighted by atomic mass is 10.1. The molecule has 146 valence electrons. The molecule has 0 saturated heterocycles. The van der Waals surface area contributed by atoms with E-state index in [1.807, 2.05) is 6.26 Å². The van der Waals surface area contributed by atoms with E-state index in [1.54, 1.807) is 22.8 Å². The number of anilines is 1. The largest absolute Gasteiger partial charge is 0.321 e. The molecule has 3 amide bonds. The van der Waals surface area contributed by atoms with Crippen LogP contribution in [0.25, 0.3) is 5.69 Å². The van der Waals surface area contributed by atoms with E-state index in [0.29, 0.717) is 22.1 Å². The second-order valence-electron chi connectivity index (χ2n) is 6.33. The smallest absolute Gasteiger partial charge is 0.274 e. The van der Waals surface area contributed by atoms with Gasteiger partial charge in [-0.1, -0.05) is 11.8 Å². The lowest BCUT2D eigenvalue weighted by Crippen LogP contribution is -2.24. The quantitative estimate of drug-likeness (QED) is 0.527. The highest BCUT2D eigenvalue weighted by atomic mass is 32.2. The lowest BCUT2D eigenvalue weighted by molar-refractivity contribution is 0.0692. The lowest BCUT2D eigenvalue weighted by Gasteiger charge is -2.11. The Morgan fingerprint density at radius 2 is 1.76 bits per heavy atom. The average molecular weight is 410 g/mol. The molecule has 0 spiro atoms. The minimum absolute atomic E-state index is 0.243. The van der Waals surface area contributed by atoms with Crippen LogP contribution < -0.4 is 5.32 Å². The van der Waals surface area contributed by atoms with Crippen molar-refractivity contribution < 1.29 is 18.8 Å². The van der Waals surface area contributed by atoms with Crippen LogP contribution in [0.2, 0.25) is 0 Å². The van der Waals surface area contributed by atoms with Gasteiger partial charge in [0, 0.05) is 18.4 Å². The van der Waals surface area contributed by atoms with Gasteiger partial charge in [0.25, 0.3) is 17.7 Å². The van der Waals surface area contributed by atoms with Crippen LogP contribution in [-0.4, -0.2) is 45.5 Å². The summed E-state index contributed by atoms with van der Waals surface area (Å²) < 4.78 is 14.9. The molecule has 0 aliphatic carbocycles. The molecule has 0 bridgehead atoms. The summed E-state index contributed by atoms with van der Waals surface area (Å²) in [5.41, 5.74) is 1.77. The molecule has 0 unspecified atom stereocenters. The number of carbonyl (C=O) groups is 3. The zero-order valence-electron chi connectivity index (χ0n) is 15.5. The van der Waals surface area contributed by atoms with Crippen LogP contribution >= 0.6 is 11.8 Å². The van der Waals surface area contributed by atoms with Crippen molar-refractivity contribution in [3.63, 3.8) is 0 Å². The molecule has 7 nitrogen and oxygen atoms in total. The first-order valence-corrected chi connectivity index (χ1v) is 9.78. The van der Waals surface area contributed by atoms with Crippen molar-refractivity contribution in [3.8, 4) is 5.69 Å². The molecular weight excluding hydrogens is 395 g/mol. The van der Waals surface area contributed by atoms with E-state index >= 15 is 0 Å². The van der Waals surface area contributed by atoms with Gasteiger partial charge in [0.05, 0.1) is 17.3 Å². The van der Waals surface area contributed by atoms with Crippen LogP contribution in [0.4, 0.5) is 10.1 Å². The number of imide groups is 1. The number of rotatable bonds is 4. The summed E-state index contributed by atoms with van der Waals surface area (Å²) in [4.78, 5) is 42.4. The van der Waals surface area contributed by atoms with Gasteiger partial charge in [-0.15, -0.1) is 0 Å². The highest BCUT2D eigenvalue weighted by molar-refractivity contribution is 7.98. The third-order valence-corrected chi connectivity index (χ3v) is 5.23. The topological polar surface area (TPSA) is 84.3 Å². The number of carbonyl (C=O) groups excluding carboxylic acids is 3. The monoisotopic (exact) mass is 410 g/mol. The summed E-state index contributed by atoms with van der Waals surface area (Å²) in [6.45, 7) is 0. The molecule has 3 aromatic rings. The number of nitrogens with one attached hydrogen (secondary N) is 1. The van der Waals surface area contributed by atoms with Gasteiger partial charge in [-0.2, -0.15) is 0 Å². The summed E-state index contributed by atoms with van der Waals surface area (Å²) in [7, 11) is 1.41. The molecule has 0 fully saturated rings. The molecule has 4 rings (SSSR count). The third-order valence-electron chi connectivity index (χ3n) is 4.58. The van der Waals surface area contributed by atoms with Crippen molar-refractivity contribution >= 4 is 35.2 Å². The fourth-order valence-corrected chi connectivity index (χ4v) is 3.66. The van der Waals surface area contributed by atoms with Gasteiger partial charge in [-0.05, 0) is 48.7 Å². The van der Waals surface area contributed by atoms with Crippen molar-refractivity contribution in [2.75, 3.05) is 18.6 Å². The Hall–Kier alpha value is -3.46. The zero-order chi connectivity index (χ0) is 20.7. The van der Waals surface area contributed by atoms with E-state index in [0.717, 1.165) is 4.90 Å². The predicted octanol–water partition coefficient (Wildman–Crippen LogP) is 3.21. The summed E-state index contributed by atoms with van der Waals surface area (Å²) in [5.74, 6) is -1.62. The maximum absolute atomic E-state index is 13.3. The van der Waals surface area contributed by atoms with Crippen LogP contribution in [-0.2, 0) is 0 Å². The van der Waals surface area contributed by atoms with E-state index in [4.69, 9.17) is 0 Å². The number of fused-ring (bicyclic) bond motifs is 1. The summed E-state index contributed by atoms with van der Waals surface area (Å²) in [5, 5.41) is 3.30. The van der Waals surface area contributed by atoms with Crippen LogP contribution in [0, 0.1) is 5.82 Å². The standard InChI is InChI=1S/C20H15FN4O3S/c1-24-18(27)14-8-5-12(9-15(14)19(24)28)23-17(26)16-10-22-20(29-2)25(16)13-6-3-11(21)4-7-13/h3-10H,1-2H3,(H,23,26). The van der Waals surface area contributed by atoms with Gasteiger partial charge in [-0.25, -0.2) is 9.37 Å². The first kappa shape index (κ1) is 18.9. The molecule has 29 heavy (non-hydrogen) atoms.